The van der Waals surface area contributed by atoms with E-state index in [2.05, 4.69) is 25.6 Å². The number of nitrogens with one attached hydrogen (secondary N) is 1. The summed E-state index contributed by atoms with van der Waals surface area (Å²) in [6.45, 7) is 0.460. The van der Waals surface area contributed by atoms with Crippen LogP contribution in [0, 0.1) is 5.82 Å². The molecule has 8 nitrogen and oxygen atoms in total. The van der Waals surface area contributed by atoms with Gasteiger partial charge in [-0.1, -0.05) is 11.3 Å². The quantitative estimate of drug-likeness (QED) is 0.543. The van der Waals surface area contributed by atoms with Crippen LogP contribution in [0.1, 0.15) is 16.1 Å². The predicted octanol–water partition coefficient (Wildman–Crippen LogP) is 3.30. The van der Waals surface area contributed by atoms with Gasteiger partial charge >= 0.3 is 0 Å². The van der Waals surface area contributed by atoms with E-state index >= 15 is 0 Å². The lowest BCUT2D eigenvalue weighted by Crippen LogP contribution is -2.13. The van der Waals surface area contributed by atoms with Gasteiger partial charge in [0, 0.05) is 12.4 Å². The molecule has 3 heterocycles. The fraction of sp³-hybridized carbons (Fsp3) is 0.0500. The van der Waals surface area contributed by atoms with Gasteiger partial charge in [0.1, 0.15) is 23.1 Å². The van der Waals surface area contributed by atoms with Crippen LogP contribution in [0.25, 0.3) is 0 Å². The highest BCUT2D eigenvalue weighted by atomic mass is 19.1. The summed E-state index contributed by atoms with van der Waals surface area (Å²) < 4.78 is 20.0. The highest BCUT2D eigenvalue weighted by Gasteiger charge is 2.12. The van der Waals surface area contributed by atoms with Crippen molar-refractivity contribution in [1.29, 1.82) is 0 Å². The topological polar surface area (TPSA) is 94.8 Å². The number of ether oxygens (including phenoxy) is 1. The van der Waals surface area contributed by atoms with Crippen molar-refractivity contribution in [3.63, 3.8) is 0 Å². The highest BCUT2D eigenvalue weighted by Crippen LogP contribution is 2.21. The number of benzene rings is 1. The van der Waals surface area contributed by atoms with Crippen molar-refractivity contribution in [2.24, 2.45) is 0 Å². The van der Waals surface area contributed by atoms with Crippen LogP contribution in [0.2, 0.25) is 0 Å². The maximum absolute atomic E-state index is 12.9. The number of rotatable bonds is 6. The SMILES string of the molecule is O=C(Nc1ccc(Oc2ccc(F)cc2)cn1)c1cn(Cc2cccnc2)nn1. The van der Waals surface area contributed by atoms with Crippen molar-refractivity contribution in [2.45, 2.75) is 6.54 Å². The molecule has 0 saturated heterocycles. The average Bonchev–Trinajstić information content (AvgIpc) is 3.21. The summed E-state index contributed by atoms with van der Waals surface area (Å²) in [6.07, 6.45) is 6.42. The van der Waals surface area contributed by atoms with Gasteiger partial charge in [0.25, 0.3) is 5.91 Å². The van der Waals surface area contributed by atoms with Gasteiger partial charge in [-0.3, -0.25) is 9.78 Å². The summed E-state index contributed by atoms with van der Waals surface area (Å²) in [5, 5.41) is 10.5. The van der Waals surface area contributed by atoms with Crippen LogP contribution >= 0.6 is 0 Å². The normalized spacial score (nSPS) is 10.5. The Labute approximate surface area is 165 Å². The Hall–Kier alpha value is -4.14. The molecule has 3 aromatic heterocycles. The first-order chi connectivity index (χ1) is 14.2. The second kappa shape index (κ2) is 8.26. The molecule has 0 atom stereocenters. The van der Waals surface area contributed by atoms with Crippen molar-refractivity contribution in [2.75, 3.05) is 5.32 Å². The van der Waals surface area contributed by atoms with Crippen molar-refractivity contribution in [3.05, 3.63) is 90.4 Å². The van der Waals surface area contributed by atoms with Gasteiger partial charge in [0.15, 0.2) is 5.69 Å². The van der Waals surface area contributed by atoms with E-state index in [9.17, 15) is 9.18 Å². The van der Waals surface area contributed by atoms with Crippen molar-refractivity contribution in [3.8, 4) is 11.5 Å². The van der Waals surface area contributed by atoms with Gasteiger partial charge in [-0.05, 0) is 48.0 Å². The first kappa shape index (κ1) is 18.2. The molecule has 0 aliphatic rings. The third-order valence-corrected chi connectivity index (χ3v) is 3.87. The number of carbonyl (C=O) groups excluding carboxylic acids is 1. The minimum atomic E-state index is -0.429. The van der Waals surface area contributed by atoms with E-state index < -0.39 is 5.91 Å². The van der Waals surface area contributed by atoms with E-state index in [4.69, 9.17) is 4.74 Å². The number of aromatic nitrogens is 5. The Bertz CT molecular complexity index is 1100. The third kappa shape index (κ3) is 4.78. The maximum Gasteiger partial charge on any atom is 0.278 e. The van der Waals surface area contributed by atoms with Gasteiger partial charge in [0.05, 0.1) is 18.9 Å². The zero-order chi connectivity index (χ0) is 20.1. The summed E-state index contributed by atoms with van der Waals surface area (Å²) in [5.41, 5.74) is 1.12. The van der Waals surface area contributed by atoms with Crippen LogP contribution in [0.4, 0.5) is 10.2 Å². The smallest absolute Gasteiger partial charge is 0.278 e. The molecule has 1 aromatic carbocycles. The summed E-state index contributed by atoms with van der Waals surface area (Å²) in [5.74, 6) is 0.503. The Morgan fingerprint density at radius 1 is 1.07 bits per heavy atom. The molecular weight excluding hydrogens is 375 g/mol. The summed E-state index contributed by atoms with van der Waals surface area (Å²) in [4.78, 5) is 20.5. The summed E-state index contributed by atoms with van der Waals surface area (Å²) in [6, 6.07) is 12.6. The Kier molecular flexibility index (Phi) is 5.19. The molecule has 9 heteroatoms. The van der Waals surface area contributed by atoms with Gasteiger partial charge in [-0.25, -0.2) is 14.1 Å². The van der Waals surface area contributed by atoms with E-state index in [1.807, 2.05) is 12.1 Å². The van der Waals surface area contributed by atoms with Gasteiger partial charge in [0.2, 0.25) is 0 Å². The second-order valence-corrected chi connectivity index (χ2v) is 6.05. The molecule has 4 rings (SSSR count). The number of amides is 1. The molecule has 0 radical (unpaired) electrons. The largest absolute Gasteiger partial charge is 0.456 e. The van der Waals surface area contributed by atoms with Crippen molar-refractivity contribution < 1.29 is 13.9 Å². The number of carbonyl (C=O) groups is 1. The lowest BCUT2D eigenvalue weighted by molar-refractivity contribution is 0.102. The van der Waals surface area contributed by atoms with E-state index in [-0.39, 0.29) is 11.5 Å². The molecule has 1 amide bonds. The molecule has 0 bridgehead atoms. The van der Waals surface area contributed by atoms with Crippen LogP contribution < -0.4 is 10.1 Å². The fourth-order valence-electron chi connectivity index (χ4n) is 2.49. The standard InChI is InChI=1S/C20H15FN6O2/c21-15-3-5-16(6-4-15)29-17-7-8-19(23-11-17)24-20(28)18-13-27(26-25-18)12-14-2-1-9-22-10-14/h1-11,13H,12H2,(H,23,24,28). The Balaban J connectivity index is 1.36. The first-order valence-electron chi connectivity index (χ1n) is 8.65. The predicted molar refractivity (Wildman–Crippen MR) is 102 cm³/mol. The zero-order valence-corrected chi connectivity index (χ0v) is 15.1. The second-order valence-electron chi connectivity index (χ2n) is 6.05. The lowest BCUT2D eigenvalue weighted by atomic mass is 10.3. The van der Waals surface area contributed by atoms with E-state index in [1.54, 1.807) is 35.4 Å². The number of anilines is 1. The van der Waals surface area contributed by atoms with E-state index in [0.717, 1.165) is 5.56 Å². The number of nitrogens with zero attached hydrogens (tertiary/aromatic N) is 5. The highest BCUT2D eigenvalue weighted by molar-refractivity contribution is 6.02. The number of hydrogen-bond donors (Lipinski definition) is 1. The van der Waals surface area contributed by atoms with Crippen LogP contribution in [0.3, 0.4) is 0 Å². The van der Waals surface area contributed by atoms with E-state index in [0.29, 0.717) is 23.9 Å². The molecule has 1 N–H and O–H groups in total. The van der Waals surface area contributed by atoms with Crippen molar-refractivity contribution >= 4 is 11.7 Å². The third-order valence-electron chi connectivity index (χ3n) is 3.87. The summed E-state index contributed by atoms with van der Waals surface area (Å²) in [7, 11) is 0. The Morgan fingerprint density at radius 2 is 1.90 bits per heavy atom. The molecule has 0 unspecified atom stereocenters. The maximum atomic E-state index is 12.9. The molecule has 0 fully saturated rings. The summed E-state index contributed by atoms with van der Waals surface area (Å²) >= 11 is 0. The number of hydrogen-bond acceptors (Lipinski definition) is 6. The van der Waals surface area contributed by atoms with Crippen LogP contribution in [-0.2, 0) is 6.54 Å². The molecule has 0 saturated carbocycles. The molecule has 144 valence electrons. The van der Waals surface area contributed by atoms with Crippen molar-refractivity contribution in [1.82, 2.24) is 25.0 Å². The molecule has 0 aliphatic heterocycles. The fourth-order valence-corrected chi connectivity index (χ4v) is 2.49. The van der Waals surface area contributed by atoms with Gasteiger partial charge in [-0.15, -0.1) is 5.10 Å². The lowest BCUT2D eigenvalue weighted by Gasteiger charge is -2.06. The number of halogens is 1. The zero-order valence-electron chi connectivity index (χ0n) is 15.1. The molecule has 0 aliphatic carbocycles. The van der Waals surface area contributed by atoms with Gasteiger partial charge < -0.3 is 10.1 Å². The van der Waals surface area contributed by atoms with Crippen LogP contribution in [0.5, 0.6) is 11.5 Å². The van der Waals surface area contributed by atoms with E-state index in [1.165, 1.54) is 30.5 Å². The number of pyridine rings is 2. The first-order valence-corrected chi connectivity index (χ1v) is 8.65. The average molecular weight is 390 g/mol. The molecule has 4 aromatic rings. The van der Waals surface area contributed by atoms with Crippen LogP contribution in [-0.4, -0.2) is 30.9 Å². The monoisotopic (exact) mass is 390 g/mol. The minimum absolute atomic E-state index is 0.169. The molecule has 0 spiro atoms. The Morgan fingerprint density at radius 3 is 2.62 bits per heavy atom. The minimum Gasteiger partial charge on any atom is -0.456 e. The molecule has 29 heavy (non-hydrogen) atoms. The van der Waals surface area contributed by atoms with Crippen LogP contribution in [0.15, 0.2) is 73.3 Å². The van der Waals surface area contributed by atoms with Gasteiger partial charge in [-0.2, -0.15) is 0 Å². The molecular formula is C20H15FN6O2.